The van der Waals surface area contributed by atoms with Gasteiger partial charge in [0.05, 0.1) is 5.75 Å². The van der Waals surface area contributed by atoms with Gasteiger partial charge < -0.3 is 10.8 Å². The molecule has 0 spiro atoms. The van der Waals surface area contributed by atoms with Crippen molar-refractivity contribution in [2.24, 2.45) is 5.73 Å². The van der Waals surface area contributed by atoms with E-state index in [2.05, 4.69) is 9.71 Å². The van der Waals surface area contributed by atoms with E-state index < -0.39 is 27.9 Å². The molecule has 0 aliphatic rings. The van der Waals surface area contributed by atoms with E-state index in [9.17, 15) is 18.0 Å². The largest absolute Gasteiger partial charge is 0.480 e. The summed E-state index contributed by atoms with van der Waals surface area (Å²) in [5.41, 5.74) is 5.70. The quantitative estimate of drug-likeness (QED) is 0.548. The van der Waals surface area contributed by atoms with Gasteiger partial charge in [0.1, 0.15) is 6.04 Å². The molecule has 0 saturated heterocycles. The molecule has 0 bridgehead atoms. The number of primary amides is 1. The van der Waals surface area contributed by atoms with Gasteiger partial charge in [0, 0.05) is 18.8 Å². The average molecular weight is 315 g/mol. The fraction of sp³-hybridized carbons (Fsp3) is 0.417. The number of amides is 1. The molecule has 0 fully saturated rings. The lowest BCUT2D eigenvalue weighted by Gasteiger charge is -2.14. The van der Waals surface area contributed by atoms with E-state index in [-0.39, 0.29) is 25.0 Å². The number of hydrogen-bond donors (Lipinski definition) is 3. The van der Waals surface area contributed by atoms with Gasteiger partial charge in [0.25, 0.3) is 0 Å². The third-order valence-corrected chi connectivity index (χ3v) is 4.09. The second-order valence-corrected chi connectivity index (χ2v) is 6.31. The number of sulfonamides is 1. The molecule has 1 heterocycles. The molecule has 21 heavy (non-hydrogen) atoms. The Morgan fingerprint density at radius 3 is 2.48 bits per heavy atom. The Labute approximate surface area is 122 Å². The number of nitrogens with two attached hydrogens (primary N) is 1. The van der Waals surface area contributed by atoms with Crippen molar-refractivity contribution in [2.75, 3.05) is 5.75 Å². The van der Waals surface area contributed by atoms with Crippen LogP contribution >= 0.6 is 0 Å². The van der Waals surface area contributed by atoms with Crippen molar-refractivity contribution in [1.29, 1.82) is 0 Å². The number of rotatable bonds is 9. The average Bonchev–Trinajstić information content (AvgIpc) is 2.42. The SMILES string of the molecule is NC(=O)CC[C@H](NS(=O)(=O)CCc1ccncc1)C(=O)O. The highest BCUT2D eigenvalue weighted by atomic mass is 32.2. The van der Waals surface area contributed by atoms with Crippen LogP contribution in [0.15, 0.2) is 24.5 Å². The van der Waals surface area contributed by atoms with Crippen molar-refractivity contribution in [1.82, 2.24) is 9.71 Å². The lowest BCUT2D eigenvalue weighted by Crippen LogP contribution is -2.42. The normalized spacial score (nSPS) is 12.8. The minimum Gasteiger partial charge on any atom is -0.480 e. The summed E-state index contributed by atoms with van der Waals surface area (Å²) in [6.07, 6.45) is 2.94. The van der Waals surface area contributed by atoms with Crippen LogP contribution in [0.5, 0.6) is 0 Å². The number of carboxylic acid groups (broad SMARTS) is 1. The smallest absolute Gasteiger partial charge is 0.321 e. The summed E-state index contributed by atoms with van der Waals surface area (Å²) in [4.78, 5) is 25.4. The molecule has 0 saturated carbocycles. The number of nitrogens with zero attached hydrogens (tertiary/aromatic N) is 1. The van der Waals surface area contributed by atoms with Crippen LogP contribution in [-0.4, -0.2) is 42.2 Å². The van der Waals surface area contributed by atoms with E-state index in [4.69, 9.17) is 10.8 Å². The molecule has 4 N–H and O–H groups in total. The van der Waals surface area contributed by atoms with Gasteiger partial charge in [-0.15, -0.1) is 0 Å². The lowest BCUT2D eigenvalue weighted by molar-refractivity contribution is -0.139. The molecule has 1 amide bonds. The predicted octanol–water partition coefficient (Wildman–Crippen LogP) is -0.738. The molecule has 0 aromatic carbocycles. The third kappa shape index (κ3) is 6.82. The van der Waals surface area contributed by atoms with Gasteiger partial charge in [-0.3, -0.25) is 14.6 Å². The number of carbonyl (C=O) groups is 2. The summed E-state index contributed by atoms with van der Waals surface area (Å²) in [7, 11) is -3.78. The zero-order valence-corrected chi connectivity index (χ0v) is 12.0. The molecular weight excluding hydrogens is 298 g/mol. The fourth-order valence-electron chi connectivity index (χ4n) is 1.60. The number of aryl methyl sites for hydroxylation is 1. The van der Waals surface area contributed by atoms with Crippen LogP contribution in [0.1, 0.15) is 18.4 Å². The van der Waals surface area contributed by atoms with E-state index in [0.29, 0.717) is 0 Å². The van der Waals surface area contributed by atoms with Gasteiger partial charge in [-0.2, -0.15) is 0 Å². The van der Waals surface area contributed by atoms with Gasteiger partial charge >= 0.3 is 5.97 Å². The summed E-state index contributed by atoms with van der Waals surface area (Å²) in [6.45, 7) is 0. The maximum Gasteiger partial charge on any atom is 0.321 e. The van der Waals surface area contributed by atoms with Crippen molar-refractivity contribution in [2.45, 2.75) is 25.3 Å². The number of carbonyl (C=O) groups excluding carboxylic acids is 1. The molecule has 1 atom stereocenters. The standard InChI is InChI=1S/C12H17N3O5S/c13-11(16)2-1-10(12(17)18)15-21(19,20)8-5-9-3-6-14-7-4-9/h3-4,6-7,10,15H,1-2,5,8H2,(H2,13,16)(H,17,18)/t10-/m0/s1. The van der Waals surface area contributed by atoms with Crippen molar-refractivity contribution in [3.05, 3.63) is 30.1 Å². The van der Waals surface area contributed by atoms with E-state index in [1.807, 2.05) is 0 Å². The van der Waals surface area contributed by atoms with Crippen LogP contribution in [0.2, 0.25) is 0 Å². The lowest BCUT2D eigenvalue weighted by atomic mass is 10.2. The Hall–Kier alpha value is -2.00. The summed E-state index contributed by atoms with van der Waals surface area (Å²) in [5.74, 6) is -2.28. The Morgan fingerprint density at radius 2 is 1.95 bits per heavy atom. The molecule has 9 heteroatoms. The van der Waals surface area contributed by atoms with Gasteiger partial charge in [0.15, 0.2) is 0 Å². The first-order valence-electron chi connectivity index (χ1n) is 6.20. The van der Waals surface area contributed by atoms with E-state index >= 15 is 0 Å². The molecule has 1 aromatic heterocycles. The number of nitrogens with one attached hydrogen (secondary N) is 1. The topological polar surface area (TPSA) is 139 Å². The molecule has 1 aromatic rings. The van der Waals surface area contributed by atoms with Gasteiger partial charge in [-0.1, -0.05) is 0 Å². The number of hydrogen-bond acceptors (Lipinski definition) is 5. The van der Waals surface area contributed by atoms with E-state index in [1.54, 1.807) is 24.5 Å². The Bertz CT molecular complexity index is 588. The van der Waals surface area contributed by atoms with Crippen molar-refractivity contribution >= 4 is 21.9 Å². The second kappa shape index (κ2) is 7.70. The number of pyridine rings is 1. The maximum absolute atomic E-state index is 11.9. The minimum atomic E-state index is -3.78. The summed E-state index contributed by atoms with van der Waals surface area (Å²) >= 11 is 0. The van der Waals surface area contributed by atoms with Crippen LogP contribution in [-0.2, 0) is 26.0 Å². The molecule has 0 radical (unpaired) electrons. The predicted molar refractivity (Wildman–Crippen MR) is 74.7 cm³/mol. The monoisotopic (exact) mass is 315 g/mol. The van der Waals surface area contributed by atoms with Crippen LogP contribution in [0.3, 0.4) is 0 Å². The maximum atomic E-state index is 11.9. The second-order valence-electron chi connectivity index (χ2n) is 4.44. The highest BCUT2D eigenvalue weighted by Gasteiger charge is 2.24. The fourth-order valence-corrected chi connectivity index (χ4v) is 2.87. The highest BCUT2D eigenvalue weighted by Crippen LogP contribution is 2.03. The summed E-state index contributed by atoms with van der Waals surface area (Å²) in [5, 5.41) is 8.95. The van der Waals surface area contributed by atoms with Gasteiger partial charge in [-0.05, 0) is 30.5 Å². The molecule has 1 rings (SSSR count). The van der Waals surface area contributed by atoms with Crippen molar-refractivity contribution in [3.8, 4) is 0 Å². The molecule has 0 aliphatic heterocycles. The number of aromatic nitrogens is 1. The summed E-state index contributed by atoms with van der Waals surface area (Å²) < 4.78 is 25.8. The Morgan fingerprint density at radius 1 is 1.33 bits per heavy atom. The number of aliphatic carboxylic acids is 1. The van der Waals surface area contributed by atoms with E-state index in [1.165, 1.54) is 0 Å². The molecule has 0 unspecified atom stereocenters. The van der Waals surface area contributed by atoms with Crippen LogP contribution < -0.4 is 10.5 Å². The molecule has 0 aliphatic carbocycles. The molecule has 116 valence electrons. The molecular formula is C12H17N3O5S. The first kappa shape index (κ1) is 17.1. The van der Waals surface area contributed by atoms with Gasteiger partial charge in [-0.25, -0.2) is 13.1 Å². The van der Waals surface area contributed by atoms with Gasteiger partial charge in [0.2, 0.25) is 15.9 Å². The molecule has 8 nitrogen and oxygen atoms in total. The van der Waals surface area contributed by atoms with Crippen LogP contribution in [0, 0.1) is 0 Å². The third-order valence-electron chi connectivity index (χ3n) is 2.71. The zero-order chi connectivity index (χ0) is 15.9. The van der Waals surface area contributed by atoms with Crippen LogP contribution in [0.25, 0.3) is 0 Å². The first-order valence-corrected chi connectivity index (χ1v) is 7.85. The van der Waals surface area contributed by atoms with E-state index in [0.717, 1.165) is 5.56 Å². The van der Waals surface area contributed by atoms with Crippen molar-refractivity contribution in [3.63, 3.8) is 0 Å². The zero-order valence-electron chi connectivity index (χ0n) is 11.2. The Kier molecular flexibility index (Phi) is 6.25. The Balaban J connectivity index is 2.59. The number of carboxylic acids is 1. The van der Waals surface area contributed by atoms with Crippen LogP contribution in [0.4, 0.5) is 0 Å². The minimum absolute atomic E-state index is 0.181. The first-order chi connectivity index (χ1) is 9.80. The van der Waals surface area contributed by atoms with Crippen molar-refractivity contribution < 1.29 is 23.1 Å². The summed E-state index contributed by atoms with van der Waals surface area (Å²) in [6, 6.07) is 1.99. The highest BCUT2D eigenvalue weighted by molar-refractivity contribution is 7.89.